The summed E-state index contributed by atoms with van der Waals surface area (Å²) in [6.07, 6.45) is 0. The Morgan fingerprint density at radius 1 is 1.56 bits per heavy atom. The lowest BCUT2D eigenvalue weighted by Gasteiger charge is -2.38. The number of aliphatic hydroxyl groups is 1. The third kappa shape index (κ3) is 2.24. The lowest BCUT2D eigenvalue weighted by atomic mass is 10.00. The summed E-state index contributed by atoms with van der Waals surface area (Å²) in [5, 5.41) is 9.33. The highest BCUT2D eigenvalue weighted by Gasteiger charge is 2.31. The SMILES string of the molecule is O=C(c1ccc(Br)cc1Cl)N1CC(CO)C1. The molecule has 1 saturated heterocycles. The van der Waals surface area contributed by atoms with Crippen molar-refractivity contribution in [2.45, 2.75) is 0 Å². The minimum absolute atomic E-state index is 0.0674. The van der Waals surface area contributed by atoms with Gasteiger partial charge in [0, 0.05) is 30.1 Å². The van der Waals surface area contributed by atoms with Gasteiger partial charge in [-0.15, -0.1) is 0 Å². The number of benzene rings is 1. The number of hydrogen-bond acceptors (Lipinski definition) is 2. The molecule has 5 heteroatoms. The first-order chi connectivity index (χ1) is 7.61. The molecule has 1 aliphatic rings. The minimum Gasteiger partial charge on any atom is -0.396 e. The molecule has 1 N–H and O–H groups in total. The second-order valence-corrected chi connectivity index (χ2v) is 5.21. The summed E-state index contributed by atoms with van der Waals surface area (Å²) in [7, 11) is 0. The molecular formula is C11H11BrClNO2. The Morgan fingerprint density at radius 3 is 2.81 bits per heavy atom. The summed E-state index contributed by atoms with van der Waals surface area (Å²) in [4.78, 5) is 13.7. The number of carbonyl (C=O) groups is 1. The van der Waals surface area contributed by atoms with Crippen molar-refractivity contribution in [3.05, 3.63) is 33.3 Å². The summed E-state index contributed by atoms with van der Waals surface area (Å²) in [6, 6.07) is 5.21. The summed E-state index contributed by atoms with van der Waals surface area (Å²) in [5.41, 5.74) is 0.515. The van der Waals surface area contributed by atoms with Crippen LogP contribution in [0, 0.1) is 5.92 Å². The summed E-state index contributed by atoms with van der Waals surface area (Å²) in [5.74, 6) is 0.153. The molecule has 0 radical (unpaired) electrons. The van der Waals surface area contributed by atoms with Crippen LogP contribution in [0.5, 0.6) is 0 Å². The van der Waals surface area contributed by atoms with Gasteiger partial charge in [-0.05, 0) is 18.2 Å². The van der Waals surface area contributed by atoms with Gasteiger partial charge in [-0.2, -0.15) is 0 Å². The highest BCUT2D eigenvalue weighted by molar-refractivity contribution is 9.10. The number of rotatable bonds is 2. The first kappa shape index (κ1) is 11.9. The van der Waals surface area contributed by atoms with Crippen LogP contribution in [0.25, 0.3) is 0 Å². The Labute approximate surface area is 107 Å². The maximum absolute atomic E-state index is 12.0. The number of aliphatic hydroxyl groups excluding tert-OH is 1. The van der Waals surface area contributed by atoms with Gasteiger partial charge in [-0.25, -0.2) is 0 Å². The number of likely N-dealkylation sites (tertiary alicyclic amines) is 1. The fourth-order valence-electron chi connectivity index (χ4n) is 1.68. The van der Waals surface area contributed by atoms with Crippen LogP contribution in [-0.4, -0.2) is 35.6 Å². The number of halogens is 2. The molecule has 2 rings (SSSR count). The molecule has 1 aromatic rings. The van der Waals surface area contributed by atoms with Crippen molar-refractivity contribution in [1.29, 1.82) is 0 Å². The Hall–Kier alpha value is -0.580. The van der Waals surface area contributed by atoms with Gasteiger partial charge >= 0.3 is 0 Å². The maximum atomic E-state index is 12.0. The van der Waals surface area contributed by atoms with Gasteiger partial charge in [0.15, 0.2) is 0 Å². The standard InChI is InChI=1S/C11H11BrClNO2/c12-8-1-2-9(10(13)3-8)11(16)14-4-7(5-14)6-15/h1-3,7,15H,4-6H2. The normalized spacial score (nSPS) is 16.1. The molecule has 0 bridgehead atoms. The molecule has 1 aromatic carbocycles. The Kier molecular flexibility index (Phi) is 3.52. The van der Waals surface area contributed by atoms with Crippen molar-refractivity contribution < 1.29 is 9.90 Å². The highest BCUT2D eigenvalue weighted by atomic mass is 79.9. The Bertz CT molecular complexity index is 418. The third-order valence-corrected chi connectivity index (χ3v) is 3.47. The number of nitrogens with zero attached hydrogens (tertiary/aromatic N) is 1. The van der Waals surface area contributed by atoms with Gasteiger partial charge in [0.2, 0.25) is 0 Å². The highest BCUT2D eigenvalue weighted by Crippen LogP contribution is 2.25. The average Bonchev–Trinajstić information content (AvgIpc) is 2.15. The molecule has 0 atom stereocenters. The number of hydrogen-bond donors (Lipinski definition) is 1. The molecule has 0 spiro atoms. The van der Waals surface area contributed by atoms with E-state index in [0.29, 0.717) is 23.7 Å². The van der Waals surface area contributed by atoms with Gasteiger partial charge in [0.25, 0.3) is 5.91 Å². The van der Waals surface area contributed by atoms with Gasteiger partial charge in [0.1, 0.15) is 0 Å². The van der Waals surface area contributed by atoms with E-state index >= 15 is 0 Å². The van der Waals surface area contributed by atoms with Crippen molar-refractivity contribution in [3.63, 3.8) is 0 Å². The van der Waals surface area contributed by atoms with Crippen LogP contribution in [0.1, 0.15) is 10.4 Å². The van der Waals surface area contributed by atoms with E-state index in [4.69, 9.17) is 16.7 Å². The molecule has 1 fully saturated rings. The molecule has 0 aliphatic carbocycles. The summed E-state index contributed by atoms with van der Waals surface area (Å²) < 4.78 is 0.853. The molecule has 0 saturated carbocycles. The number of amides is 1. The van der Waals surface area contributed by atoms with E-state index in [1.807, 2.05) is 0 Å². The van der Waals surface area contributed by atoms with E-state index < -0.39 is 0 Å². The molecule has 1 aliphatic heterocycles. The van der Waals surface area contributed by atoms with Crippen LogP contribution in [-0.2, 0) is 0 Å². The van der Waals surface area contributed by atoms with Crippen molar-refractivity contribution in [3.8, 4) is 0 Å². The smallest absolute Gasteiger partial charge is 0.255 e. The quantitative estimate of drug-likeness (QED) is 0.909. The molecule has 16 heavy (non-hydrogen) atoms. The molecule has 86 valence electrons. The molecule has 1 amide bonds. The fourth-order valence-corrected chi connectivity index (χ4v) is 2.44. The summed E-state index contributed by atoms with van der Waals surface area (Å²) >= 11 is 9.28. The minimum atomic E-state index is -0.0674. The second kappa shape index (κ2) is 4.73. The zero-order chi connectivity index (χ0) is 11.7. The lowest BCUT2D eigenvalue weighted by molar-refractivity contribution is 0.0362. The van der Waals surface area contributed by atoms with Crippen molar-refractivity contribution in [2.24, 2.45) is 5.92 Å². The second-order valence-electron chi connectivity index (χ2n) is 3.88. The molecule has 0 aromatic heterocycles. The van der Waals surface area contributed by atoms with Crippen molar-refractivity contribution in [2.75, 3.05) is 19.7 Å². The Morgan fingerprint density at radius 2 is 2.25 bits per heavy atom. The molecular weight excluding hydrogens is 293 g/mol. The third-order valence-electron chi connectivity index (χ3n) is 2.66. The first-order valence-electron chi connectivity index (χ1n) is 4.97. The van der Waals surface area contributed by atoms with Crippen LogP contribution in [0.2, 0.25) is 5.02 Å². The van der Waals surface area contributed by atoms with E-state index in [1.54, 1.807) is 23.1 Å². The van der Waals surface area contributed by atoms with Gasteiger partial charge in [-0.1, -0.05) is 27.5 Å². The molecule has 1 heterocycles. The predicted octanol–water partition coefficient (Wildman–Crippen LogP) is 2.17. The van der Waals surface area contributed by atoms with Crippen LogP contribution < -0.4 is 0 Å². The lowest BCUT2D eigenvalue weighted by Crippen LogP contribution is -2.51. The average molecular weight is 305 g/mol. The van der Waals surface area contributed by atoms with Crippen LogP contribution in [0.3, 0.4) is 0 Å². The molecule has 3 nitrogen and oxygen atoms in total. The largest absolute Gasteiger partial charge is 0.396 e. The monoisotopic (exact) mass is 303 g/mol. The number of carbonyl (C=O) groups excluding carboxylic acids is 1. The van der Waals surface area contributed by atoms with E-state index in [0.717, 1.165) is 4.47 Å². The van der Waals surface area contributed by atoms with E-state index in [-0.39, 0.29) is 18.4 Å². The predicted molar refractivity (Wildman–Crippen MR) is 65.6 cm³/mol. The first-order valence-corrected chi connectivity index (χ1v) is 6.14. The van der Waals surface area contributed by atoms with E-state index in [9.17, 15) is 4.79 Å². The summed E-state index contributed by atoms with van der Waals surface area (Å²) in [6.45, 7) is 1.36. The Balaban J connectivity index is 2.10. The maximum Gasteiger partial charge on any atom is 0.255 e. The molecule has 0 unspecified atom stereocenters. The van der Waals surface area contributed by atoms with Crippen molar-refractivity contribution >= 4 is 33.4 Å². The fraction of sp³-hybridized carbons (Fsp3) is 0.364. The topological polar surface area (TPSA) is 40.5 Å². The zero-order valence-corrected chi connectivity index (χ0v) is 10.8. The van der Waals surface area contributed by atoms with E-state index in [2.05, 4.69) is 15.9 Å². The van der Waals surface area contributed by atoms with Crippen LogP contribution in [0.4, 0.5) is 0 Å². The van der Waals surface area contributed by atoms with E-state index in [1.165, 1.54) is 0 Å². The van der Waals surface area contributed by atoms with Crippen LogP contribution >= 0.6 is 27.5 Å². The van der Waals surface area contributed by atoms with Gasteiger partial charge < -0.3 is 10.0 Å². The zero-order valence-electron chi connectivity index (χ0n) is 8.49. The van der Waals surface area contributed by atoms with Gasteiger partial charge in [0.05, 0.1) is 10.6 Å². The van der Waals surface area contributed by atoms with Gasteiger partial charge in [-0.3, -0.25) is 4.79 Å². The van der Waals surface area contributed by atoms with Crippen LogP contribution in [0.15, 0.2) is 22.7 Å². The van der Waals surface area contributed by atoms with Crippen molar-refractivity contribution in [1.82, 2.24) is 4.90 Å².